The quantitative estimate of drug-likeness (QED) is 0.642. The van der Waals surface area contributed by atoms with Crippen molar-refractivity contribution in [3.63, 3.8) is 0 Å². The van der Waals surface area contributed by atoms with Crippen LogP contribution in [-0.2, 0) is 0 Å². The molecule has 1 heterocycles. The van der Waals surface area contributed by atoms with Crippen LogP contribution in [0.15, 0.2) is 22.9 Å². The van der Waals surface area contributed by atoms with E-state index in [1.165, 1.54) is 6.20 Å². The maximum Gasteiger partial charge on any atom is 0.253 e. The zero-order valence-electron chi connectivity index (χ0n) is 7.62. The molecule has 14 heavy (non-hydrogen) atoms. The van der Waals surface area contributed by atoms with Gasteiger partial charge < -0.3 is 5.32 Å². The molecule has 0 saturated heterocycles. The molecule has 1 rings (SSSR count). The molecule has 1 amide bonds. The van der Waals surface area contributed by atoms with Gasteiger partial charge in [-0.05, 0) is 35.0 Å². The summed E-state index contributed by atoms with van der Waals surface area (Å²) in [6.07, 6.45) is 6.62. The molecule has 1 N–H and O–H groups in total. The molecule has 0 saturated carbocycles. The highest BCUT2D eigenvalue weighted by Crippen LogP contribution is 2.06. The number of carbonyl (C=O) groups is 1. The normalized spacial score (nSPS) is 11.5. The Labute approximate surface area is 91.1 Å². The third kappa shape index (κ3) is 2.86. The molecule has 0 bridgehead atoms. The number of rotatable bonds is 2. The van der Waals surface area contributed by atoms with Crippen molar-refractivity contribution in [2.24, 2.45) is 0 Å². The average Bonchev–Trinajstić information content (AvgIpc) is 2.18. The zero-order valence-corrected chi connectivity index (χ0v) is 9.21. The van der Waals surface area contributed by atoms with Crippen molar-refractivity contribution >= 4 is 21.8 Å². The lowest BCUT2D eigenvalue weighted by Crippen LogP contribution is -2.31. The van der Waals surface area contributed by atoms with Crippen LogP contribution in [0.1, 0.15) is 17.3 Å². The van der Waals surface area contributed by atoms with Crippen LogP contribution >= 0.6 is 15.9 Å². The monoisotopic (exact) mass is 252 g/mol. The molecule has 0 aliphatic heterocycles. The Hall–Kier alpha value is -1.34. The lowest BCUT2D eigenvalue weighted by atomic mass is 10.2. The van der Waals surface area contributed by atoms with Gasteiger partial charge in [0, 0.05) is 6.20 Å². The van der Waals surface area contributed by atoms with Crippen LogP contribution in [-0.4, -0.2) is 16.9 Å². The molecule has 3 nitrogen and oxygen atoms in total. The summed E-state index contributed by atoms with van der Waals surface area (Å²) in [4.78, 5) is 15.4. The summed E-state index contributed by atoms with van der Waals surface area (Å²) < 4.78 is 0.694. The molecule has 1 aromatic heterocycles. The SMILES string of the molecule is C#CC(C)NC(=O)c1ccc(Br)nc1. The maximum atomic E-state index is 11.5. The first-order valence-corrected chi connectivity index (χ1v) is 4.81. The number of terminal acetylenes is 1. The number of carbonyl (C=O) groups excluding carboxylic acids is 1. The molecular weight excluding hydrogens is 244 g/mol. The summed E-state index contributed by atoms with van der Waals surface area (Å²) >= 11 is 3.18. The summed E-state index contributed by atoms with van der Waals surface area (Å²) in [5, 5.41) is 2.63. The van der Waals surface area contributed by atoms with E-state index < -0.39 is 0 Å². The van der Waals surface area contributed by atoms with E-state index in [2.05, 4.69) is 32.2 Å². The molecule has 1 atom stereocenters. The van der Waals surface area contributed by atoms with E-state index in [0.717, 1.165) is 0 Å². The second kappa shape index (κ2) is 4.77. The summed E-state index contributed by atoms with van der Waals surface area (Å²) in [5.74, 6) is 2.20. The minimum absolute atomic E-state index is 0.213. The van der Waals surface area contributed by atoms with Crippen molar-refractivity contribution < 1.29 is 4.79 Å². The first-order valence-electron chi connectivity index (χ1n) is 4.02. The molecule has 0 aromatic carbocycles. The molecule has 0 spiro atoms. The Morgan fingerprint density at radius 1 is 1.71 bits per heavy atom. The van der Waals surface area contributed by atoms with Crippen molar-refractivity contribution in [2.75, 3.05) is 0 Å². The Morgan fingerprint density at radius 3 is 2.93 bits per heavy atom. The average molecular weight is 253 g/mol. The number of amides is 1. The number of pyridine rings is 1. The fraction of sp³-hybridized carbons (Fsp3) is 0.200. The van der Waals surface area contributed by atoms with Gasteiger partial charge in [-0.15, -0.1) is 6.42 Å². The van der Waals surface area contributed by atoms with Crippen molar-refractivity contribution in [3.05, 3.63) is 28.5 Å². The standard InChI is InChI=1S/C10H9BrN2O/c1-3-7(2)13-10(14)8-4-5-9(11)12-6-8/h1,4-7H,2H3,(H,13,14). The van der Waals surface area contributed by atoms with Gasteiger partial charge in [0.2, 0.25) is 0 Å². The largest absolute Gasteiger partial charge is 0.339 e. The molecule has 0 radical (unpaired) electrons. The predicted octanol–water partition coefficient (Wildman–Crippen LogP) is 1.60. The summed E-state index contributed by atoms with van der Waals surface area (Å²) in [6, 6.07) is 3.11. The highest BCUT2D eigenvalue weighted by molar-refractivity contribution is 9.10. The van der Waals surface area contributed by atoms with Gasteiger partial charge in [-0.25, -0.2) is 4.98 Å². The van der Waals surface area contributed by atoms with Crippen molar-refractivity contribution in [2.45, 2.75) is 13.0 Å². The van der Waals surface area contributed by atoms with Crippen LogP contribution < -0.4 is 5.32 Å². The number of aromatic nitrogens is 1. The third-order valence-corrected chi connectivity index (χ3v) is 2.06. The maximum absolute atomic E-state index is 11.5. The number of nitrogens with zero attached hydrogens (tertiary/aromatic N) is 1. The second-order valence-electron chi connectivity index (χ2n) is 2.73. The lowest BCUT2D eigenvalue weighted by molar-refractivity contribution is 0.0948. The van der Waals surface area contributed by atoms with E-state index >= 15 is 0 Å². The summed E-state index contributed by atoms with van der Waals surface area (Å²) in [7, 11) is 0. The fourth-order valence-electron chi connectivity index (χ4n) is 0.832. The minimum atomic E-state index is -0.272. The van der Waals surface area contributed by atoms with Crippen molar-refractivity contribution in [1.29, 1.82) is 0 Å². The van der Waals surface area contributed by atoms with Crippen LogP contribution in [0.3, 0.4) is 0 Å². The number of nitrogens with one attached hydrogen (secondary N) is 1. The van der Waals surface area contributed by atoms with E-state index in [1.54, 1.807) is 19.1 Å². The molecule has 4 heteroatoms. The van der Waals surface area contributed by atoms with E-state index in [-0.39, 0.29) is 11.9 Å². The van der Waals surface area contributed by atoms with E-state index in [0.29, 0.717) is 10.2 Å². The van der Waals surface area contributed by atoms with Gasteiger partial charge in [-0.2, -0.15) is 0 Å². The first kappa shape index (κ1) is 10.7. The number of hydrogen-bond acceptors (Lipinski definition) is 2. The molecule has 1 unspecified atom stereocenters. The first-order chi connectivity index (χ1) is 6.63. The van der Waals surface area contributed by atoms with Gasteiger partial charge >= 0.3 is 0 Å². The highest BCUT2D eigenvalue weighted by atomic mass is 79.9. The van der Waals surface area contributed by atoms with Gasteiger partial charge in [-0.1, -0.05) is 5.92 Å². The minimum Gasteiger partial charge on any atom is -0.339 e. The second-order valence-corrected chi connectivity index (χ2v) is 3.54. The third-order valence-electron chi connectivity index (χ3n) is 1.59. The van der Waals surface area contributed by atoms with Crippen LogP contribution in [0, 0.1) is 12.3 Å². The highest BCUT2D eigenvalue weighted by Gasteiger charge is 2.07. The lowest BCUT2D eigenvalue weighted by Gasteiger charge is -2.06. The summed E-state index contributed by atoms with van der Waals surface area (Å²) in [6.45, 7) is 1.74. The topological polar surface area (TPSA) is 42.0 Å². The summed E-state index contributed by atoms with van der Waals surface area (Å²) in [5.41, 5.74) is 0.496. The van der Waals surface area contributed by atoms with E-state index in [1.807, 2.05) is 0 Å². The molecule has 0 aliphatic rings. The Morgan fingerprint density at radius 2 is 2.43 bits per heavy atom. The van der Waals surface area contributed by atoms with Gasteiger partial charge in [0.05, 0.1) is 11.6 Å². The van der Waals surface area contributed by atoms with Crippen LogP contribution in [0.5, 0.6) is 0 Å². The predicted molar refractivity (Wildman–Crippen MR) is 57.7 cm³/mol. The van der Waals surface area contributed by atoms with Crippen LogP contribution in [0.4, 0.5) is 0 Å². The van der Waals surface area contributed by atoms with Crippen molar-refractivity contribution in [1.82, 2.24) is 10.3 Å². The van der Waals surface area contributed by atoms with E-state index in [9.17, 15) is 4.79 Å². The molecule has 0 aliphatic carbocycles. The Bertz CT molecular complexity index is 367. The Balaban J connectivity index is 2.71. The zero-order chi connectivity index (χ0) is 10.6. The van der Waals surface area contributed by atoms with Gasteiger partial charge in [0.25, 0.3) is 5.91 Å². The molecule has 1 aromatic rings. The van der Waals surface area contributed by atoms with Crippen molar-refractivity contribution in [3.8, 4) is 12.3 Å². The smallest absolute Gasteiger partial charge is 0.253 e. The number of hydrogen-bond donors (Lipinski definition) is 1. The van der Waals surface area contributed by atoms with Crippen LogP contribution in [0.25, 0.3) is 0 Å². The van der Waals surface area contributed by atoms with E-state index in [4.69, 9.17) is 6.42 Å². The fourth-order valence-corrected chi connectivity index (χ4v) is 1.07. The van der Waals surface area contributed by atoms with Crippen LogP contribution in [0.2, 0.25) is 0 Å². The molecule has 0 fully saturated rings. The van der Waals surface area contributed by atoms with Gasteiger partial charge in [0.1, 0.15) is 4.60 Å². The molecular formula is C10H9BrN2O. The number of halogens is 1. The molecule has 72 valence electrons. The van der Waals surface area contributed by atoms with Gasteiger partial charge in [-0.3, -0.25) is 4.79 Å². The van der Waals surface area contributed by atoms with Gasteiger partial charge in [0.15, 0.2) is 0 Å². The Kier molecular flexibility index (Phi) is 3.66.